The quantitative estimate of drug-likeness (QED) is 0.459. The van der Waals surface area contributed by atoms with Crippen molar-refractivity contribution in [1.82, 2.24) is 4.90 Å². The van der Waals surface area contributed by atoms with Crippen molar-refractivity contribution in [2.24, 2.45) is 4.99 Å². The van der Waals surface area contributed by atoms with Gasteiger partial charge in [-0.25, -0.2) is 14.6 Å². The van der Waals surface area contributed by atoms with Crippen molar-refractivity contribution in [2.75, 3.05) is 6.54 Å². The predicted octanol–water partition coefficient (Wildman–Crippen LogP) is -0.804. The maximum absolute atomic E-state index is 10.5. The summed E-state index contributed by atoms with van der Waals surface area (Å²) >= 11 is 4.66. The highest BCUT2D eigenvalue weighted by atomic mass is 32.1. The molecule has 0 atom stereocenters. The van der Waals surface area contributed by atoms with Crippen molar-refractivity contribution >= 4 is 35.5 Å². The molecule has 70 valence electrons. The first-order chi connectivity index (χ1) is 6.04. The minimum Gasteiger partial charge on any atom is -0.479 e. The van der Waals surface area contributed by atoms with Crippen LogP contribution in [0.15, 0.2) is 4.99 Å². The smallest absolute Gasteiger partial charge is 0.338 e. The SMILES string of the molecule is O=C(O)C(C(=O)O)N1CC=NC1=S. The van der Waals surface area contributed by atoms with Crippen LogP contribution in [-0.2, 0) is 9.59 Å². The molecule has 1 rings (SSSR count). The molecule has 1 aliphatic rings. The number of nitrogens with zero attached hydrogens (tertiary/aromatic N) is 2. The third-order valence-electron chi connectivity index (χ3n) is 1.51. The van der Waals surface area contributed by atoms with Crippen molar-refractivity contribution in [1.29, 1.82) is 0 Å². The zero-order valence-corrected chi connectivity index (χ0v) is 7.19. The summed E-state index contributed by atoms with van der Waals surface area (Å²) in [7, 11) is 0. The largest absolute Gasteiger partial charge is 0.479 e. The van der Waals surface area contributed by atoms with Gasteiger partial charge in [0.05, 0.1) is 6.54 Å². The number of hydrogen-bond donors (Lipinski definition) is 2. The normalized spacial score (nSPS) is 15.5. The van der Waals surface area contributed by atoms with E-state index in [0.29, 0.717) is 0 Å². The Morgan fingerprint density at radius 1 is 1.54 bits per heavy atom. The standard InChI is InChI=1S/C6H6N2O4S/c9-4(10)3(5(11)12)8-2-1-7-6(8)13/h1,3H,2H2,(H,9,10)(H,11,12). The Balaban J connectivity index is 2.83. The molecule has 0 aromatic carbocycles. The van der Waals surface area contributed by atoms with E-state index in [9.17, 15) is 9.59 Å². The highest BCUT2D eigenvalue weighted by Crippen LogP contribution is 2.07. The average molecular weight is 202 g/mol. The van der Waals surface area contributed by atoms with Gasteiger partial charge in [0.25, 0.3) is 0 Å². The summed E-state index contributed by atoms with van der Waals surface area (Å²) in [6.45, 7) is 0.127. The van der Waals surface area contributed by atoms with E-state index >= 15 is 0 Å². The lowest BCUT2D eigenvalue weighted by molar-refractivity contribution is -0.154. The molecule has 0 radical (unpaired) electrons. The minimum atomic E-state index is -1.64. The highest BCUT2D eigenvalue weighted by Gasteiger charge is 2.35. The second kappa shape index (κ2) is 3.48. The van der Waals surface area contributed by atoms with Crippen molar-refractivity contribution in [3.8, 4) is 0 Å². The molecule has 1 heterocycles. The van der Waals surface area contributed by atoms with Crippen LogP contribution in [0, 0.1) is 0 Å². The summed E-state index contributed by atoms with van der Waals surface area (Å²) in [5, 5.41) is 17.2. The Morgan fingerprint density at radius 2 is 2.08 bits per heavy atom. The number of aliphatic imine (C=N–C) groups is 1. The molecule has 13 heavy (non-hydrogen) atoms. The van der Waals surface area contributed by atoms with Crippen molar-refractivity contribution in [3.05, 3.63) is 0 Å². The van der Waals surface area contributed by atoms with E-state index in [-0.39, 0.29) is 11.7 Å². The second-order valence-electron chi connectivity index (χ2n) is 2.33. The minimum absolute atomic E-state index is 0.00481. The highest BCUT2D eigenvalue weighted by molar-refractivity contribution is 7.80. The molecule has 7 heteroatoms. The van der Waals surface area contributed by atoms with Crippen molar-refractivity contribution in [3.63, 3.8) is 0 Å². The first-order valence-corrected chi connectivity index (χ1v) is 3.73. The molecule has 0 saturated heterocycles. The van der Waals surface area contributed by atoms with Gasteiger partial charge >= 0.3 is 11.9 Å². The molecule has 0 aliphatic carbocycles. The van der Waals surface area contributed by atoms with E-state index in [2.05, 4.69) is 17.2 Å². The Labute approximate surface area is 78.5 Å². The fraction of sp³-hybridized carbons (Fsp3) is 0.333. The number of carboxylic acid groups (broad SMARTS) is 2. The van der Waals surface area contributed by atoms with Gasteiger partial charge in [0.1, 0.15) is 0 Å². The van der Waals surface area contributed by atoms with Crippen LogP contribution < -0.4 is 0 Å². The van der Waals surface area contributed by atoms with Gasteiger partial charge < -0.3 is 15.1 Å². The first-order valence-electron chi connectivity index (χ1n) is 3.33. The molecule has 1 aliphatic heterocycles. The van der Waals surface area contributed by atoms with E-state index in [1.165, 1.54) is 6.21 Å². The molecule has 0 bridgehead atoms. The van der Waals surface area contributed by atoms with Gasteiger partial charge in [0.15, 0.2) is 5.11 Å². The zero-order valence-electron chi connectivity index (χ0n) is 6.38. The summed E-state index contributed by atoms with van der Waals surface area (Å²) in [5.41, 5.74) is 0. The maximum Gasteiger partial charge on any atom is 0.338 e. The predicted molar refractivity (Wildman–Crippen MR) is 46.9 cm³/mol. The molecule has 0 saturated carbocycles. The Morgan fingerprint density at radius 3 is 2.38 bits per heavy atom. The summed E-state index contributed by atoms with van der Waals surface area (Å²) in [5.74, 6) is -2.89. The van der Waals surface area contributed by atoms with Gasteiger partial charge in [0, 0.05) is 6.21 Å². The summed E-state index contributed by atoms with van der Waals surface area (Å²) < 4.78 is 0. The van der Waals surface area contributed by atoms with E-state index in [1.807, 2.05) is 0 Å². The van der Waals surface area contributed by atoms with E-state index < -0.39 is 18.0 Å². The summed E-state index contributed by atoms with van der Waals surface area (Å²) in [6.07, 6.45) is 1.38. The number of rotatable bonds is 3. The van der Waals surface area contributed by atoms with Crippen LogP contribution in [0.5, 0.6) is 0 Å². The van der Waals surface area contributed by atoms with Gasteiger partial charge in [-0.3, -0.25) is 0 Å². The van der Waals surface area contributed by atoms with Gasteiger partial charge in [0.2, 0.25) is 6.04 Å². The monoisotopic (exact) mass is 202 g/mol. The second-order valence-corrected chi connectivity index (χ2v) is 2.69. The lowest BCUT2D eigenvalue weighted by Gasteiger charge is -2.20. The molecule has 0 aromatic rings. The third-order valence-corrected chi connectivity index (χ3v) is 1.85. The molecular weight excluding hydrogens is 196 g/mol. The Hall–Kier alpha value is -1.50. The third kappa shape index (κ3) is 1.81. The summed E-state index contributed by atoms with van der Waals surface area (Å²) in [6, 6.07) is -1.64. The lowest BCUT2D eigenvalue weighted by Crippen LogP contribution is -2.47. The average Bonchev–Trinajstić information content (AvgIpc) is 2.35. The fourth-order valence-corrected chi connectivity index (χ4v) is 1.20. The first kappa shape index (κ1) is 9.59. The fourth-order valence-electron chi connectivity index (χ4n) is 0.947. The molecule has 6 nitrogen and oxygen atoms in total. The molecule has 0 fully saturated rings. The van der Waals surface area contributed by atoms with Crippen LogP contribution >= 0.6 is 12.2 Å². The van der Waals surface area contributed by atoms with Crippen LogP contribution in [0.25, 0.3) is 0 Å². The van der Waals surface area contributed by atoms with Gasteiger partial charge in [-0.1, -0.05) is 0 Å². The van der Waals surface area contributed by atoms with Crippen LogP contribution in [0.1, 0.15) is 0 Å². The zero-order chi connectivity index (χ0) is 10.0. The van der Waals surface area contributed by atoms with E-state index in [4.69, 9.17) is 10.2 Å². The Bertz CT molecular complexity index is 287. The number of aliphatic carboxylic acids is 2. The molecule has 0 amide bonds. The van der Waals surface area contributed by atoms with Gasteiger partial charge in [-0.2, -0.15) is 0 Å². The van der Waals surface area contributed by atoms with Crippen LogP contribution in [0.4, 0.5) is 0 Å². The number of hydrogen-bond acceptors (Lipinski definition) is 3. The van der Waals surface area contributed by atoms with Crippen LogP contribution in [0.2, 0.25) is 0 Å². The molecule has 2 N–H and O–H groups in total. The Kier molecular flexibility index (Phi) is 2.57. The molecule has 0 spiro atoms. The van der Waals surface area contributed by atoms with E-state index in [1.54, 1.807) is 0 Å². The number of carboxylic acids is 2. The molecule has 0 unspecified atom stereocenters. The van der Waals surface area contributed by atoms with Gasteiger partial charge in [-0.05, 0) is 12.2 Å². The van der Waals surface area contributed by atoms with Crippen molar-refractivity contribution < 1.29 is 19.8 Å². The van der Waals surface area contributed by atoms with E-state index in [0.717, 1.165) is 4.90 Å². The number of thiocarbonyl (C=S) groups is 1. The van der Waals surface area contributed by atoms with Crippen LogP contribution in [-0.4, -0.2) is 51.0 Å². The van der Waals surface area contributed by atoms with Gasteiger partial charge in [-0.15, -0.1) is 0 Å². The number of carbonyl (C=O) groups is 2. The molecular formula is C6H6N2O4S. The topological polar surface area (TPSA) is 90.2 Å². The van der Waals surface area contributed by atoms with Crippen molar-refractivity contribution in [2.45, 2.75) is 6.04 Å². The van der Waals surface area contributed by atoms with Crippen LogP contribution in [0.3, 0.4) is 0 Å². The maximum atomic E-state index is 10.5. The lowest BCUT2D eigenvalue weighted by atomic mass is 10.2. The molecule has 0 aromatic heterocycles. The summed E-state index contributed by atoms with van der Waals surface area (Å²) in [4.78, 5) is 25.7.